The molecule has 136 valence electrons. The van der Waals surface area contributed by atoms with Crippen molar-refractivity contribution in [3.8, 4) is 11.5 Å². The normalized spacial score (nSPS) is 10.7. The smallest absolute Gasteiger partial charge is 0.188 e. The molecule has 0 radical (unpaired) electrons. The van der Waals surface area contributed by atoms with E-state index in [0.29, 0.717) is 25.7 Å². The number of guanidine groups is 1. The van der Waals surface area contributed by atoms with Gasteiger partial charge in [-0.1, -0.05) is 29.8 Å². The zero-order valence-corrected chi connectivity index (χ0v) is 17.0. The van der Waals surface area contributed by atoms with E-state index < -0.39 is 0 Å². The van der Waals surface area contributed by atoms with Crippen molar-refractivity contribution in [2.45, 2.75) is 13.3 Å². The number of benzene rings is 2. The fourth-order valence-corrected chi connectivity index (χ4v) is 2.14. The van der Waals surface area contributed by atoms with Gasteiger partial charge in [-0.05, 0) is 43.2 Å². The van der Waals surface area contributed by atoms with E-state index in [1.807, 2.05) is 48.5 Å². The van der Waals surface area contributed by atoms with Crippen LogP contribution in [-0.2, 0) is 6.42 Å². The van der Waals surface area contributed by atoms with Gasteiger partial charge in [-0.3, -0.25) is 4.99 Å². The van der Waals surface area contributed by atoms with Gasteiger partial charge >= 0.3 is 0 Å². The molecule has 0 atom stereocenters. The highest BCUT2D eigenvalue weighted by Gasteiger charge is 1.96. The van der Waals surface area contributed by atoms with Gasteiger partial charge in [0.25, 0.3) is 0 Å². The molecule has 0 aromatic heterocycles. The number of methoxy groups -OCH3 is 1. The van der Waals surface area contributed by atoms with E-state index in [4.69, 9.17) is 15.2 Å². The zero-order chi connectivity index (χ0) is 17.2. The highest BCUT2D eigenvalue weighted by atomic mass is 127. The Hall–Kier alpha value is -1.96. The zero-order valence-electron chi connectivity index (χ0n) is 14.7. The van der Waals surface area contributed by atoms with Gasteiger partial charge in [-0.15, -0.1) is 24.0 Å². The minimum absolute atomic E-state index is 0. The molecule has 0 heterocycles. The maximum atomic E-state index is 5.85. The van der Waals surface area contributed by atoms with Gasteiger partial charge in [-0.2, -0.15) is 0 Å². The number of hydrogen-bond acceptors (Lipinski definition) is 3. The molecule has 3 N–H and O–H groups in total. The van der Waals surface area contributed by atoms with E-state index in [2.05, 4.69) is 17.2 Å². The van der Waals surface area contributed by atoms with E-state index in [9.17, 15) is 0 Å². The molecule has 0 fully saturated rings. The highest BCUT2D eigenvalue weighted by molar-refractivity contribution is 14.0. The van der Waals surface area contributed by atoms with Crippen LogP contribution < -0.4 is 20.5 Å². The van der Waals surface area contributed by atoms with Crippen LogP contribution in [0, 0.1) is 6.92 Å². The predicted octanol–water partition coefficient (Wildman–Crippen LogP) is 3.15. The van der Waals surface area contributed by atoms with Gasteiger partial charge in [0.05, 0.1) is 13.7 Å². The minimum Gasteiger partial charge on any atom is -0.497 e. The van der Waals surface area contributed by atoms with Gasteiger partial charge in [0.1, 0.15) is 18.1 Å². The number of rotatable bonds is 8. The summed E-state index contributed by atoms with van der Waals surface area (Å²) < 4.78 is 10.8. The van der Waals surface area contributed by atoms with Gasteiger partial charge in [-0.25, -0.2) is 0 Å². The Morgan fingerprint density at radius 3 is 2.32 bits per heavy atom. The third-order valence-electron chi connectivity index (χ3n) is 3.54. The lowest BCUT2D eigenvalue weighted by molar-refractivity contribution is 0.322. The molecule has 0 bridgehead atoms. The monoisotopic (exact) mass is 455 g/mol. The largest absolute Gasteiger partial charge is 0.497 e. The lowest BCUT2D eigenvalue weighted by atomic mass is 10.1. The Balaban J connectivity index is 0.00000312. The molecule has 0 aliphatic carbocycles. The molecule has 5 nitrogen and oxygen atoms in total. The predicted molar refractivity (Wildman–Crippen MR) is 113 cm³/mol. The van der Waals surface area contributed by atoms with Crippen LogP contribution in [0.4, 0.5) is 0 Å². The van der Waals surface area contributed by atoms with E-state index in [-0.39, 0.29) is 24.0 Å². The molecule has 0 saturated heterocycles. The standard InChI is InChI=1S/C19H25N3O2.HI/c1-15-3-7-18(8-4-15)24-14-13-22-19(20)21-12-11-16-5-9-17(23-2)10-6-16;/h3-10H,11-14H2,1-2H3,(H3,20,21,22);1H. The summed E-state index contributed by atoms with van der Waals surface area (Å²) in [6, 6.07) is 15.9. The van der Waals surface area contributed by atoms with E-state index in [0.717, 1.165) is 17.9 Å². The summed E-state index contributed by atoms with van der Waals surface area (Å²) >= 11 is 0. The summed E-state index contributed by atoms with van der Waals surface area (Å²) in [7, 11) is 1.66. The van der Waals surface area contributed by atoms with Crippen LogP contribution in [0.15, 0.2) is 53.5 Å². The average Bonchev–Trinajstić information content (AvgIpc) is 2.61. The van der Waals surface area contributed by atoms with Crippen molar-refractivity contribution in [1.82, 2.24) is 5.32 Å². The van der Waals surface area contributed by atoms with Gasteiger partial charge in [0, 0.05) is 6.54 Å². The van der Waals surface area contributed by atoms with Crippen LogP contribution in [0.1, 0.15) is 11.1 Å². The van der Waals surface area contributed by atoms with Crippen molar-refractivity contribution < 1.29 is 9.47 Å². The fourth-order valence-electron chi connectivity index (χ4n) is 2.14. The van der Waals surface area contributed by atoms with Crippen LogP contribution >= 0.6 is 24.0 Å². The first kappa shape index (κ1) is 21.1. The summed E-state index contributed by atoms with van der Waals surface area (Å²) in [4.78, 5) is 4.31. The topological polar surface area (TPSA) is 68.9 Å². The van der Waals surface area contributed by atoms with Crippen LogP contribution in [-0.4, -0.2) is 32.8 Å². The number of nitrogens with one attached hydrogen (secondary N) is 1. The van der Waals surface area contributed by atoms with Crippen LogP contribution in [0.5, 0.6) is 11.5 Å². The average molecular weight is 455 g/mol. The Morgan fingerprint density at radius 1 is 1.04 bits per heavy atom. The quantitative estimate of drug-likeness (QED) is 0.278. The lowest BCUT2D eigenvalue weighted by Crippen LogP contribution is -2.34. The Morgan fingerprint density at radius 2 is 1.68 bits per heavy atom. The van der Waals surface area contributed by atoms with Crippen molar-refractivity contribution in [2.24, 2.45) is 10.7 Å². The molecule has 0 aliphatic heterocycles. The molecule has 25 heavy (non-hydrogen) atoms. The van der Waals surface area contributed by atoms with Crippen molar-refractivity contribution >= 4 is 29.9 Å². The SMILES string of the molecule is COc1ccc(CCN=C(N)NCCOc2ccc(C)cc2)cc1.I. The lowest BCUT2D eigenvalue weighted by Gasteiger charge is -2.08. The summed E-state index contributed by atoms with van der Waals surface area (Å²) in [5.41, 5.74) is 8.27. The van der Waals surface area contributed by atoms with Crippen molar-refractivity contribution in [3.63, 3.8) is 0 Å². The molecule has 2 aromatic rings. The second-order valence-electron chi connectivity index (χ2n) is 5.45. The highest BCUT2D eigenvalue weighted by Crippen LogP contribution is 2.12. The maximum Gasteiger partial charge on any atom is 0.188 e. The molecule has 2 aromatic carbocycles. The molecule has 0 aliphatic rings. The third-order valence-corrected chi connectivity index (χ3v) is 3.54. The first-order valence-corrected chi connectivity index (χ1v) is 8.03. The third kappa shape index (κ3) is 8.11. The molecule has 2 rings (SSSR count). The summed E-state index contributed by atoms with van der Waals surface area (Å²) in [6.45, 7) is 3.85. The number of halogens is 1. The number of nitrogens with zero attached hydrogens (tertiary/aromatic N) is 1. The molecular weight excluding hydrogens is 429 g/mol. The second kappa shape index (κ2) is 11.6. The molecule has 0 saturated carbocycles. The molecular formula is C19H26IN3O2. The summed E-state index contributed by atoms with van der Waals surface area (Å²) in [6.07, 6.45) is 0.840. The first-order chi connectivity index (χ1) is 11.7. The Kier molecular flexibility index (Phi) is 9.76. The van der Waals surface area contributed by atoms with E-state index in [1.165, 1.54) is 11.1 Å². The van der Waals surface area contributed by atoms with E-state index in [1.54, 1.807) is 7.11 Å². The van der Waals surface area contributed by atoms with Crippen LogP contribution in [0.25, 0.3) is 0 Å². The molecule has 0 unspecified atom stereocenters. The first-order valence-electron chi connectivity index (χ1n) is 8.03. The molecule has 6 heteroatoms. The number of nitrogens with two attached hydrogens (primary N) is 1. The van der Waals surface area contributed by atoms with Gasteiger partial charge in [0.15, 0.2) is 5.96 Å². The number of aliphatic imine (C=N–C) groups is 1. The molecule has 0 amide bonds. The number of aryl methyl sites for hydroxylation is 1. The summed E-state index contributed by atoms with van der Waals surface area (Å²) in [5.74, 6) is 2.16. The van der Waals surface area contributed by atoms with Gasteiger partial charge < -0.3 is 20.5 Å². The number of ether oxygens (including phenoxy) is 2. The Labute approximate surface area is 166 Å². The van der Waals surface area contributed by atoms with Crippen molar-refractivity contribution in [2.75, 3.05) is 26.8 Å². The van der Waals surface area contributed by atoms with Crippen LogP contribution in [0.2, 0.25) is 0 Å². The van der Waals surface area contributed by atoms with Crippen molar-refractivity contribution in [1.29, 1.82) is 0 Å². The van der Waals surface area contributed by atoms with Crippen molar-refractivity contribution in [3.05, 3.63) is 59.7 Å². The fraction of sp³-hybridized carbons (Fsp3) is 0.316. The Bertz CT molecular complexity index is 643. The van der Waals surface area contributed by atoms with Gasteiger partial charge in [0.2, 0.25) is 0 Å². The van der Waals surface area contributed by atoms with Crippen LogP contribution in [0.3, 0.4) is 0 Å². The minimum atomic E-state index is 0. The number of hydrogen-bond donors (Lipinski definition) is 2. The second-order valence-corrected chi connectivity index (χ2v) is 5.45. The maximum absolute atomic E-state index is 5.85. The van der Waals surface area contributed by atoms with E-state index >= 15 is 0 Å². The summed E-state index contributed by atoms with van der Waals surface area (Å²) in [5, 5.41) is 3.05. The molecule has 0 spiro atoms.